The van der Waals surface area contributed by atoms with E-state index in [2.05, 4.69) is 73.3 Å². The number of anilines is 1. The Morgan fingerprint density at radius 1 is 0.973 bits per heavy atom. The Kier molecular flexibility index (Phi) is 5.70. The average molecular weight is 505 g/mol. The van der Waals surface area contributed by atoms with Gasteiger partial charge >= 0.3 is 0 Å². The highest BCUT2D eigenvalue weighted by molar-refractivity contribution is 7.13. The molecule has 0 saturated heterocycles. The summed E-state index contributed by atoms with van der Waals surface area (Å²) in [6.07, 6.45) is 10.5. The lowest BCUT2D eigenvalue weighted by molar-refractivity contribution is 0.518. The first kappa shape index (κ1) is 22.2. The van der Waals surface area contributed by atoms with Gasteiger partial charge in [0.25, 0.3) is 0 Å². The number of H-pyrrole nitrogens is 2. The number of fused-ring (bicyclic) bond motifs is 2. The first-order valence-corrected chi connectivity index (χ1v) is 13.9. The minimum absolute atomic E-state index is 0.823. The number of thiophene rings is 1. The summed E-state index contributed by atoms with van der Waals surface area (Å²) in [5.41, 5.74) is 8.78. The molecule has 7 rings (SSSR count). The van der Waals surface area contributed by atoms with Gasteiger partial charge in [-0.05, 0) is 54.1 Å². The van der Waals surface area contributed by atoms with E-state index in [9.17, 15) is 0 Å². The Bertz CT molecular complexity index is 1670. The van der Waals surface area contributed by atoms with E-state index in [4.69, 9.17) is 4.98 Å². The largest absolute Gasteiger partial charge is 0.384 e. The van der Waals surface area contributed by atoms with Crippen LogP contribution in [-0.2, 0) is 0 Å². The summed E-state index contributed by atoms with van der Waals surface area (Å²) < 4.78 is 0. The summed E-state index contributed by atoms with van der Waals surface area (Å²) in [5, 5.41) is 14.7. The summed E-state index contributed by atoms with van der Waals surface area (Å²) in [4.78, 5) is 14.3. The quantitative estimate of drug-likeness (QED) is 0.206. The van der Waals surface area contributed by atoms with Gasteiger partial charge in [-0.1, -0.05) is 43.9 Å². The van der Waals surface area contributed by atoms with Gasteiger partial charge in [0.1, 0.15) is 11.2 Å². The molecule has 1 aliphatic carbocycles. The second-order valence-electron chi connectivity index (χ2n) is 9.92. The molecule has 7 heteroatoms. The van der Waals surface area contributed by atoms with Gasteiger partial charge in [0, 0.05) is 45.8 Å². The van der Waals surface area contributed by atoms with Gasteiger partial charge in [-0.25, -0.2) is 4.98 Å². The number of hydrogen-bond acceptors (Lipinski definition) is 5. The zero-order valence-corrected chi connectivity index (χ0v) is 21.3. The number of hydrogen-bond donors (Lipinski definition) is 3. The lowest BCUT2D eigenvalue weighted by Crippen LogP contribution is -2.06. The lowest BCUT2D eigenvalue weighted by atomic mass is 10.0. The molecule has 0 spiro atoms. The van der Waals surface area contributed by atoms with Crippen molar-refractivity contribution in [3.63, 3.8) is 0 Å². The summed E-state index contributed by atoms with van der Waals surface area (Å²) in [6.45, 7) is 0.988. The van der Waals surface area contributed by atoms with Crippen LogP contribution in [0.2, 0.25) is 0 Å². The number of aromatic amines is 2. The van der Waals surface area contributed by atoms with Gasteiger partial charge in [-0.2, -0.15) is 5.10 Å². The van der Waals surface area contributed by atoms with Gasteiger partial charge in [-0.3, -0.25) is 10.1 Å². The molecule has 1 fully saturated rings. The standard InChI is InChI=1S/C30H28N6S/c1-2-6-19(5-1)12-13-32-21-15-20(17-31-18-21)24-10-11-26-29(34-24)30(36-35-26)27-16-23-22(28-9-4-14-37-28)7-3-8-25(23)33-27/h3-4,7-11,14-19,32-33H,1-2,5-6,12-13H2,(H,35,36). The third kappa shape index (κ3) is 4.29. The normalized spacial score (nSPS) is 14.2. The van der Waals surface area contributed by atoms with E-state index in [0.717, 1.165) is 57.3 Å². The highest BCUT2D eigenvalue weighted by Crippen LogP contribution is 2.36. The number of aromatic nitrogens is 5. The van der Waals surface area contributed by atoms with E-state index >= 15 is 0 Å². The molecule has 0 aliphatic heterocycles. The summed E-state index contributed by atoms with van der Waals surface area (Å²) in [6, 6.07) is 19.0. The van der Waals surface area contributed by atoms with Crippen molar-refractivity contribution in [1.82, 2.24) is 25.1 Å². The molecule has 6 nitrogen and oxygen atoms in total. The highest BCUT2D eigenvalue weighted by atomic mass is 32.1. The first-order valence-electron chi connectivity index (χ1n) is 13.0. The van der Waals surface area contributed by atoms with Crippen molar-refractivity contribution < 1.29 is 0 Å². The summed E-state index contributed by atoms with van der Waals surface area (Å²) >= 11 is 1.75. The molecule has 5 aromatic heterocycles. The fourth-order valence-electron chi connectivity index (χ4n) is 5.57. The van der Waals surface area contributed by atoms with Crippen molar-refractivity contribution in [2.45, 2.75) is 32.1 Å². The van der Waals surface area contributed by atoms with Crippen molar-refractivity contribution in [3.8, 4) is 33.1 Å². The van der Waals surface area contributed by atoms with E-state index in [0.29, 0.717) is 0 Å². The average Bonchev–Trinajstić information content (AvgIpc) is 3.74. The molecule has 1 aliphatic rings. The third-order valence-corrected chi connectivity index (χ3v) is 8.41. The Labute approximate surface area is 219 Å². The van der Waals surface area contributed by atoms with Gasteiger partial charge in [0.2, 0.25) is 0 Å². The minimum atomic E-state index is 0.823. The lowest BCUT2D eigenvalue weighted by Gasteiger charge is -2.11. The maximum Gasteiger partial charge on any atom is 0.135 e. The van der Waals surface area contributed by atoms with Crippen molar-refractivity contribution in [3.05, 3.63) is 72.4 Å². The van der Waals surface area contributed by atoms with Crippen LogP contribution in [0.5, 0.6) is 0 Å². The predicted octanol–water partition coefficient (Wildman–Crippen LogP) is 7.89. The van der Waals surface area contributed by atoms with Gasteiger partial charge in [0.05, 0.1) is 22.6 Å². The molecule has 5 heterocycles. The van der Waals surface area contributed by atoms with Gasteiger partial charge < -0.3 is 10.3 Å². The van der Waals surface area contributed by atoms with Gasteiger partial charge in [-0.15, -0.1) is 11.3 Å². The van der Waals surface area contributed by atoms with Crippen LogP contribution < -0.4 is 5.32 Å². The number of benzene rings is 1. The zero-order chi connectivity index (χ0) is 24.6. The Balaban J connectivity index is 1.20. The number of rotatable bonds is 7. The first-order chi connectivity index (χ1) is 18.3. The molecule has 0 radical (unpaired) electrons. The number of pyridine rings is 2. The smallest absolute Gasteiger partial charge is 0.135 e. The number of nitrogens with zero attached hydrogens (tertiary/aromatic N) is 3. The van der Waals surface area contributed by atoms with E-state index in [1.54, 1.807) is 11.3 Å². The predicted molar refractivity (Wildman–Crippen MR) is 153 cm³/mol. The Morgan fingerprint density at radius 3 is 2.81 bits per heavy atom. The van der Waals surface area contributed by atoms with Crippen LogP contribution in [-0.4, -0.2) is 31.7 Å². The van der Waals surface area contributed by atoms with Crippen LogP contribution in [0, 0.1) is 5.92 Å². The van der Waals surface area contributed by atoms with Crippen molar-refractivity contribution >= 4 is 39.0 Å². The minimum Gasteiger partial charge on any atom is -0.384 e. The Hall–Kier alpha value is -3.97. The summed E-state index contributed by atoms with van der Waals surface area (Å²) in [7, 11) is 0. The fraction of sp³-hybridized carbons (Fsp3) is 0.233. The van der Waals surface area contributed by atoms with Crippen LogP contribution in [0.3, 0.4) is 0 Å². The molecule has 6 aromatic rings. The molecule has 37 heavy (non-hydrogen) atoms. The van der Waals surface area contributed by atoms with Crippen molar-refractivity contribution in [2.75, 3.05) is 11.9 Å². The molecular formula is C30H28N6S. The summed E-state index contributed by atoms with van der Waals surface area (Å²) in [5.74, 6) is 0.873. The Morgan fingerprint density at radius 2 is 1.92 bits per heavy atom. The molecule has 1 saturated carbocycles. The maximum atomic E-state index is 5.03. The fourth-order valence-corrected chi connectivity index (χ4v) is 6.34. The monoisotopic (exact) mass is 504 g/mol. The molecule has 0 atom stereocenters. The second-order valence-corrected chi connectivity index (χ2v) is 10.9. The molecule has 0 amide bonds. The van der Waals surface area contributed by atoms with Crippen molar-refractivity contribution in [1.29, 1.82) is 0 Å². The molecule has 184 valence electrons. The molecular weight excluding hydrogens is 476 g/mol. The van der Waals surface area contributed by atoms with Crippen LogP contribution in [0.1, 0.15) is 32.1 Å². The van der Waals surface area contributed by atoms with Crippen LogP contribution in [0.15, 0.2) is 72.4 Å². The topological polar surface area (TPSA) is 82.3 Å². The van der Waals surface area contributed by atoms with Crippen LogP contribution in [0.25, 0.3) is 55.0 Å². The van der Waals surface area contributed by atoms with Crippen molar-refractivity contribution in [2.24, 2.45) is 5.92 Å². The highest BCUT2D eigenvalue weighted by Gasteiger charge is 2.16. The van der Waals surface area contributed by atoms with E-state index in [-0.39, 0.29) is 0 Å². The number of nitrogens with one attached hydrogen (secondary N) is 3. The molecule has 0 bridgehead atoms. The van der Waals surface area contributed by atoms with Crippen LogP contribution in [0.4, 0.5) is 5.69 Å². The third-order valence-electron chi connectivity index (χ3n) is 7.50. The van der Waals surface area contributed by atoms with E-state index in [1.165, 1.54) is 47.9 Å². The molecule has 3 N–H and O–H groups in total. The van der Waals surface area contributed by atoms with Crippen LogP contribution >= 0.6 is 11.3 Å². The molecule has 1 aromatic carbocycles. The SMILES string of the molecule is c1csc(-c2cccc3[nH]c(-c4n[nH]c5ccc(-c6cncc(NCCC7CCCC7)c6)nc45)cc23)c1. The van der Waals surface area contributed by atoms with E-state index in [1.807, 2.05) is 24.5 Å². The van der Waals surface area contributed by atoms with E-state index < -0.39 is 0 Å². The zero-order valence-electron chi connectivity index (χ0n) is 20.5. The maximum absolute atomic E-state index is 5.03. The van der Waals surface area contributed by atoms with Gasteiger partial charge in [0.15, 0.2) is 0 Å². The molecule has 0 unspecified atom stereocenters. The second kappa shape index (κ2) is 9.48.